The van der Waals surface area contributed by atoms with Crippen LogP contribution in [-0.4, -0.2) is 21.2 Å². The van der Waals surface area contributed by atoms with Gasteiger partial charge in [0.05, 0.1) is 17.9 Å². The highest BCUT2D eigenvalue weighted by Crippen LogP contribution is 2.32. The van der Waals surface area contributed by atoms with Crippen molar-refractivity contribution in [3.63, 3.8) is 0 Å². The van der Waals surface area contributed by atoms with Crippen molar-refractivity contribution >= 4 is 27.5 Å². The van der Waals surface area contributed by atoms with Gasteiger partial charge in [-0.15, -0.1) is 0 Å². The number of nitrogens with one attached hydrogen (secondary N) is 1. The van der Waals surface area contributed by atoms with Crippen LogP contribution in [-0.2, 0) is 11.3 Å². The van der Waals surface area contributed by atoms with Crippen LogP contribution in [0.25, 0.3) is 10.9 Å². The Labute approximate surface area is 181 Å². The summed E-state index contributed by atoms with van der Waals surface area (Å²) in [5.74, 6) is 1.63. The van der Waals surface area contributed by atoms with Crippen molar-refractivity contribution in [2.45, 2.75) is 50.9 Å². The zero-order valence-electron chi connectivity index (χ0n) is 17.2. The molecule has 0 spiro atoms. The van der Waals surface area contributed by atoms with Crippen LogP contribution in [0.1, 0.15) is 56.4 Å². The van der Waals surface area contributed by atoms with Gasteiger partial charge >= 0.3 is 0 Å². The lowest BCUT2D eigenvalue weighted by Gasteiger charge is -2.21. The molecule has 1 heterocycles. The quantitative estimate of drug-likeness (QED) is 0.424. The van der Waals surface area contributed by atoms with Crippen LogP contribution in [0.4, 0.5) is 0 Å². The SMILES string of the molecule is O=S=CCCCOc1ccc2[nH]c(=O)ccc2c1.c1ccc(C2CCCCC2)cc1. The molecule has 158 valence electrons. The Morgan fingerprint density at radius 2 is 1.80 bits per heavy atom. The van der Waals surface area contributed by atoms with E-state index in [9.17, 15) is 9.00 Å². The van der Waals surface area contributed by atoms with Crippen molar-refractivity contribution in [3.05, 3.63) is 76.6 Å². The molecule has 4 rings (SSSR count). The highest BCUT2D eigenvalue weighted by molar-refractivity contribution is 7.64. The first kappa shape index (κ1) is 22.0. The molecule has 1 fully saturated rings. The number of aromatic nitrogens is 1. The minimum Gasteiger partial charge on any atom is -0.494 e. The fourth-order valence-corrected chi connectivity index (χ4v) is 4.05. The number of pyridine rings is 1. The second-order valence-corrected chi connectivity index (χ2v) is 8.10. The molecule has 1 aromatic heterocycles. The van der Waals surface area contributed by atoms with Gasteiger partial charge in [0.25, 0.3) is 0 Å². The molecule has 1 aliphatic carbocycles. The number of H-pyrrole nitrogens is 1. The van der Waals surface area contributed by atoms with E-state index in [0.29, 0.717) is 17.9 Å². The van der Waals surface area contributed by atoms with Crippen LogP contribution >= 0.6 is 0 Å². The van der Waals surface area contributed by atoms with Gasteiger partial charge in [0.2, 0.25) is 5.56 Å². The summed E-state index contributed by atoms with van der Waals surface area (Å²) < 4.78 is 15.7. The number of fused-ring (bicyclic) bond motifs is 1. The normalized spacial score (nSPS) is 13.9. The number of rotatable bonds is 6. The molecule has 1 aliphatic rings. The molecule has 2 aromatic carbocycles. The van der Waals surface area contributed by atoms with Gasteiger partial charge in [-0.1, -0.05) is 49.6 Å². The Morgan fingerprint density at radius 1 is 1.00 bits per heavy atom. The maximum atomic E-state index is 11.1. The van der Waals surface area contributed by atoms with Gasteiger partial charge in [-0.3, -0.25) is 4.79 Å². The third-order valence-corrected chi connectivity index (χ3v) is 5.75. The van der Waals surface area contributed by atoms with E-state index in [1.54, 1.807) is 17.0 Å². The summed E-state index contributed by atoms with van der Waals surface area (Å²) in [4.78, 5) is 13.9. The summed E-state index contributed by atoms with van der Waals surface area (Å²) in [7, 11) is 0. The van der Waals surface area contributed by atoms with E-state index < -0.39 is 0 Å². The van der Waals surface area contributed by atoms with E-state index in [1.165, 1.54) is 38.2 Å². The van der Waals surface area contributed by atoms with Crippen LogP contribution in [0, 0.1) is 0 Å². The van der Waals surface area contributed by atoms with Crippen molar-refractivity contribution in [2.24, 2.45) is 0 Å². The van der Waals surface area contributed by atoms with Crippen molar-refractivity contribution < 1.29 is 8.95 Å². The molecule has 0 unspecified atom stereocenters. The van der Waals surface area contributed by atoms with Gasteiger partial charge in [-0.05, 0) is 61.4 Å². The minimum absolute atomic E-state index is 0.109. The van der Waals surface area contributed by atoms with E-state index >= 15 is 0 Å². The van der Waals surface area contributed by atoms with Crippen LogP contribution in [0.5, 0.6) is 5.75 Å². The highest BCUT2D eigenvalue weighted by atomic mass is 32.1. The summed E-state index contributed by atoms with van der Waals surface area (Å²) in [5.41, 5.74) is 2.24. The Kier molecular flexibility index (Phi) is 8.91. The molecule has 0 bridgehead atoms. The van der Waals surface area contributed by atoms with Gasteiger partial charge in [-0.25, -0.2) is 4.21 Å². The zero-order valence-corrected chi connectivity index (χ0v) is 18.0. The van der Waals surface area contributed by atoms with Gasteiger partial charge in [0.15, 0.2) is 0 Å². The van der Waals surface area contributed by atoms with Crippen molar-refractivity contribution in [3.8, 4) is 5.75 Å². The van der Waals surface area contributed by atoms with Gasteiger partial charge < -0.3 is 9.72 Å². The second kappa shape index (κ2) is 12.1. The Bertz CT molecular complexity index is 1020. The maximum Gasteiger partial charge on any atom is 0.248 e. The van der Waals surface area contributed by atoms with Crippen LogP contribution in [0.3, 0.4) is 0 Å². The molecule has 0 saturated heterocycles. The van der Waals surface area contributed by atoms with Crippen LogP contribution in [0.15, 0.2) is 65.5 Å². The third-order valence-electron chi connectivity index (χ3n) is 5.37. The monoisotopic (exact) mass is 423 g/mol. The summed E-state index contributed by atoms with van der Waals surface area (Å²) in [5, 5.41) is 2.56. The number of aromatic amines is 1. The van der Waals surface area contributed by atoms with Gasteiger partial charge in [0.1, 0.15) is 5.75 Å². The van der Waals surface area contributed by atoms with E-state index in [1.807, 2.05) is 18.2 Å². The first-order chi connectivity index (χ1) is 14.8. The molecule has 5 heteroatoms. The average Bonchev–Trinajstić information content (AvgIpc) is 2.80. The zero-order chi connectivity index (χ0) is 21.0. The molecule has 0 aliphatic heterocycles. The Morgan fingerprint density at radius 3 is 2.57 bits per heavy atom. The highest BCUT2D eigenvalue weighted by Gasteiger charge is 2.14. The number of hydrogen-bond donors (Lipinski definition) is 1. The van der Waals surface area contributed by atoms with E-state index in [2.05, 4.69) is 35.3 Å². The summed E-state index contributed by atoms with van der Waals surface area (Å²) in [6.07, 6.45) is 8.68. The number of benzene rings is 2. The van der Waals surface area contributed by atoms with Crippen molar-refractivity contribution in [2.75, 3.05) is 6.61 Å². The van der Waals surface area contributed by atoms with Crippen molar-refractivity contribution in [1.82, 2.24) is 4.98 Å². The third kappa shape index (κ3) is 6.99. The molecular formula is C25H29NO3S. The van der Waals surface area contributed by atoms with Crippen molar-refractivity contribution in [1.29, 1.82) is 0 Å². The van der Waals surface area contributed by atoms with Crippen LogP contribution in [0.2, 0.25) is 0 Å². The molecule has 1 saturated carbocycles. The molecule has 0 amide bonds. The number of unbranched alkanes of at least 4 members (excludes halogenated alkanes) is 1. The number of ether oxygens (including phenoxy) is 1. The molecule has 0 radical (unpaired) electrons. The Balaban J connectivity index is 0.000000184. The standard InChI is InChI=1S/C13H13NO3S.C12H16/c15-13-6-3-10-9-11(4-5-12(10)14-13)17-7-1-2-8-18-16;1-3-7-11(8-4-1)12-9-5-2-6-10-12/h3-6,8-9H,1-2,7H2,(H,14,15);1,3-4,7-8,12H,2,5-6,9-10H2. The molecule has 1 N–H and O–H groups in total. The number of hydrogen-bond acceptors (Lipinski definition) is 3. The lowest BCUT2D eigenvalue weighted by Crippen LogP contribution is -2.03. The molecule has 0 atom stereocenters. The molecular weight excluding hydrogens is 394 g/mol. The fourth-order valence-electron chi connectivity index (χ4n) is 3.79. The molecule has 30 heavy (non-hydrogen) atoms. The Hall–Kier alpha value is -2.66. The minimum atomic E-state index is -0.109. The predicted octanol–water partition coefficient (Wildman–Crippen LogP) is 5.44. The van der Waals surface area contributed by atoms with E-state index in [4.69, 9.17) is 4.74 Å². The lowest BCUT2D eigenvalue weighted by molar-refractivity contribution is 0.314. The maximum absolute atomic E-state index is 11.1. The van der Waals surface area contributed by atoms with Crippen LogP contribution < -0.4 is 10.3 Å². The lowest BCUT2D eigenvalue weighted by atomic mass is 9.84. The largest absolute Gasteiger partial charge is 0.494 e. The topological polar surface area (TPSA) is 59.2 Å². The van der Waals surface area contributed by atoms with E-state index in [-0.39, 0.29) is 5.56 Å². The van der Waals surface area contributed by atoms with Gasteiger partial charge in [-0.2, -0.15) is 0 Å². The summed E-state index contributed by atoms with van der Waals surface area (Å²) >= 11 is 0.487. The smallest absolute Gasteiger partial charge is 0.248 e. The average molecular weight is 424 g/mol. The molecule has 3 aromatic rings. The first-order valence-electron chi connectivity index (χ1n) is 10.7. The molecule has 4 nitrogen and oxygen atoms in total. The predicted molar refractivity (Wildman–Crippen MR) is 126 cm³/mol. The summed E-state index contributed by atoms with van der Waals surface area (Å²) in [6.45, 7) is 0.575. The first-order valence-corrected chi connectivity index (χ1v) is 11.5. The fraction of sp³-hybridized carbons (Fsp3) is 0.360. The second-order valence-electron chi connectivity index (χ2n) is 7.57. The van der Waals surface area contributed by atoms with Gasteiger partial charge in [0, 0.05) is 22.3 Å². The van der Waals surface area contributed by atoms with E-state index in [0.717, 1.165) is 35.4 Å². The summed E-state index contributed by atoms with van der Waals surface area (Å²) in [6, 6.07) is 19.8.